The number of nitrogens with two attached hydrogens (primary N) is 1. The Morgan fingerprint density at radius 3 is 2.32 bits per heavy atom. The first-order valence-electron chi connectivity index (χ1n) is 5.88. The minimum atomic E-state index is -0.905. The van der Waals surface area contributed by atoms with Crippen molar-refractivity contribution in [3.63, 3.8) is 0 Å². The number of hydrogen-bond acceptors (Lipinski definition) is 1. The third-order valence-corrected chi connectivity index (χ3v) is 3.97. The number of halogens is 3. The van der Waals surface area contributed by atoms with E-state index in [4.69, 9.17) is 5.73 Å². The Morgan fingerprint density at radius 2 is 1.68 bits per heavy atom. The van der Waals surface area contributed by atoms with Crippen LogP contribution in [-0.2, 0) is 0 Å². The average Bonchev–Trinajstić information content (AvgIpc) is 2.35. The molecule has 0 aliphatic heterocycles. The maximum atomic E-state index is 13.6. The van der Waals surface area contributed by atoms with Gasteiger partial charge in [-0.1, -0.05) is 29.8 Å². The van der Waals surface area contributed by atoms with E-state index in [1.807, 2.05) is 32.0 Å². The standard InChI is InChI=1S/C15H14BrF2N/c1-8-3-4-10(9(2)7-8)15(19)11-5-6-12(17)14(18)13(11)16/h3-7,15H,19H2,1-2H3. The Bertz CT molecular complexity index is 626. The van der Waals surface area contributed by atoms with Crippen molar-refractivity contribution in [2.24, 2.45) is 5.73 Å². The Morgan fingerprint density at radius 1 is 1.05 bits per heavy atom. The van der Waals surface area contributed by atoms with Crippen LogP contribution in [0.2, 0.25) is 0 Å². The summed E-state index contributed by atoms with van der Waals surface area (Å²) in [6.45, 7) is 3.95. The highest BCUT2D eigenvalue weighted by Gasteiger charge is 2.18. The van der Waals surface area contributed by atoms with Crippen LogP contribution in [0, 0.1) is 25.5 Å². The van der Waals surface area contributed by atoms with Gasteiger partial charge in [0, 0.05) is 0 Å². The van der Waals surface area contributed by atoms with Crippen molar-refractivity contribution in [2.75, 3.05) is 0 Å². The Kier molecular flexibility index (Phi) is 4.02. The van der Waals surface area contributed by atoms with E-state index in [-0.39, 0.29) is 4.47 Å². The predicted molar refractivity (Wildman–Crippen MR) is 76.0 cm³/mol. The Balaban J connectivity index is 2.50. The van der Waals surface area contributed by atoms with E-state index in [2.05, 4.69) is 15.9 Å². The molecule has 100 valence electrons. The third-order valence-electron chi connectivity index (χ3n) is 3.16. The summed E-state index contributed by atoms with van der Waals surface area (Å²) in [7, 11) is 0. The van der Waals surface area contributed by atoms with Gasteiger partial charge in [0.1, 0.15) is 0 Å². The minimum absolute atomic E-state index is 0.0833. The molecule has 0 bridgehead atoms. The average molecular weight is 326 g/mol. The molecule has 2 rings (SSSR count). The van der Waals surface area contributed by atoms with E-state index in [1.54, 1.807) is 0 Å². The van der Waals surface area contributed by atoms with E-state index < -0.39 is 17.7 Å². The zero-order valence-electron chi connectivity index (χ0n) is 10.7. The SMILES string of the molecule is Cc1ccc(C(N)c2ccc(F)c(F)c2Br)c(C)c1. The normalized spacial score (nSPS) is 12.5. The highest BCUT2D eigenvalue weighted by molar-refractivity contribution is 9.10. The van der Waals surface area contributed by atoms with Crippen molar-refractivity contribution < 1.29 is 8.78 Å². The van der Waals surface area contributed by atoms with Crippen LogP contribution in [0.15, 0.2) is 34.8 Å². The quantitative estimate of drug-likeness (QED) is 0.814. The fourth-order valence-electron chi connectivity index (χ4n) is 2.12. The molecule has 2 aromatic rings. The second kappa shape index (κ2) is 5.39. The second-order valence-corrected chi connectivity index (χ2v) is 5.40. The van der Waals surface area contributed by atoms with Crippen LogP contribution in [-0.4, -0.2) is 0 Å². The molecule has 0 aliphatic carbocycles. The van der Waals surface area contributed by atoms with Crippen molar-refractivity contribution in [3.05, 3.63) is 68.7 Å². The summed E-state index contributed by atoms with van der Waals surface area (Å²) < 4.78 is 26.7. The number of benzene rings is 2. The Hall–Kier alpha value is -1.26. The zero-order chi connectivity index (χ0) is 14.2. The summed E-state index contributed by atoms with van der Waals surface area (Å²) in [6, 6.07) is 8.00. The molecular formula is C15H14BrF2N. The monoisotopic (exact) mass is 325 g/mol. The van der Waals surface area contributed by atoms with Crippen LogP contribution in [0.1, 0.15) is 28.3 Å². The molecule has 19 heavy (non-hydrogen) atoms. The van der Waals surface area contributed by atoms with Crippen molar-refractivity contribution >= 4 is 15.9 Å². The fourth-order valence-corrected chi connectivity index (χ4v) is 2.69. The molecule has 0 heterocycles. The van der Waals surface area contributed by atoms with Gasteiger partial charge in [-0.05, 0) is 52.5 Å². The van der Waals surface area contributed by atoms with E-state index in [0.29, 0.717) is 5.56 Å². The lowest BCUT2D eigenvalue weighted by molar-refractivity contribution is 0.501. The van der Waals surface area contributed by atoms with Crippen molar-refractivity contribution in [3.8, 4) is 0 Å². The number of aryl methyl sites for hydroxylation is 2. The summed E-state index contributed by atoms with van der Waals surface area (Å²) in [5, 5.41) is 0. The first-order valence-corrected chi connectivity index (χ1v) is 6.67. The van der Waals surface area contributed by atoms with E-state index in [9.17, 15) is 8.78 Å². The molecule has 0 radical (unpaired) electrons. The summed E-state index contributed by atoms with van der Waals surface area (Å²) in [6.07, 6.45) is 0. The van der Waals surface area contributed by atoms with Gasteiger partial charge in [-0.15, -0.1) is 0 Å². The summed E-state index contributed by atoms with van der Waals surface area (Å²) in [4.78, 5) is 0. The van der Waals surface area contributed by atoms with Gasteiger partial charge in [0.05, 0.1) is 10.5 Å². The van der Waals surface area contributed by atoms with Gasteiger partial charge >= 0.3 is 0 Å². The van der Waals surface area contributed by atoms with Gasteiger partial charge in [-0.2, -0.15) is 0 Å². The molecule has 4 heteroatoms. The molecule has 0 spiro atoms. The smallest absolute Gasteiger partial charge is 0.173 e. The van der Waals surface area contributed by atoms with Crippen LogP contribution in [0.25, 0.3) is 0 Å². The maximum absolute atomic E-state index is 13.6. The molecule has 1 atom stereocenters. The fraction of sp³-hybridized carbons (Fsp3) is 0.200. The highest BCUT2D eigenvalue weighted by atomic mass is 79.9. The minimum Gasteiger partial charge on any atom is -0.320 e. The molecular weight excluding hydrogens is 312 g/mol. The summed E-state index contributed by atoms with van der Waals surface area (Å²) in [5.41, 5.74) is 9.77. The van der Waals surface area contributed by atoms with Gasteiger partial charge in [0.25, 0.3) is 0 Å². The van der Waals surface area contributed by atoms with Crippen molar-refractivity contribution in [2.45, 2.75) is 19.9 Å². The van der Waals surface area contributed by atoms with Crippen molar-refractivity contribution in [1.29, 1.82) is 0 Å². The largest absolute Gasteiger partial charge is 0.320 e. The first-order chi connectivity index (χ1) is 8.91. The van der Waals surface area contributed by atoms with Crippen LogP contribution in [0.5, 0.6) is 0 Å². The van der Waals surface area contributed by atoms with Gasteiger partial charge in [0.15, 0.2) is 11.6 Å². The molecule has 0 fully saturated rings. The van der Waals surface area contributed by atoms with Crippen LogP contribution < -0.4 is 5.73 Å². The molecule has 1 nitrogen and oxygen atoms in total. The van der Waals surface area contributed by atoms with Gasteiger partial charge in [-0.3, -0.25) is 0 Å². The van der Waals surface area contributed by atoms with Crippen LogP contribution >= 0.6 is 15.9 Å². The first kappa shape index (κ1) is 14.2. The second-order valence-electron chi connectivity index (χ2n) is 4.60. The molecule has 2 aromatic carbocycles. The van der Waals surface area contributed by atoms with Crippen LogP contribution in [0.3, 0.4) is 0 Å². The molecule has 1 unspecified atom stereocenters. The van der Waals surface area contributed by atoms with Gasteiger partial charge in [-0.25, -0.2) is 8.78 Å². The van der Waals surface area contributed by atoms with E-state index >= 15 is 0 Å². The van der Waals surface area contributed by atoms with E-state index in [1.165, 1.54) is 6.07 Å². The lowest BCUT2D eigenvalue weighted by Crippen LogP contribution is -2.15. The molecule has 0 amide bonds. The van der Waals surface area contributed by atoms with Crippen molar-refractivity contribution in [1.82, 2.24) is 0 Å². The molecule has 0 aliphatic rings. The van der Waals surface area contributed by atoms with E-state index in [0.717, 1.165) is 22.8 Å². The predicted octanol–water partition coefficient (Wildman–Crippen LogP) is 4.39. The lowest BCUT2D eigenvalue weighted by atomic mass is 9.94. The Labute approximate surface area is 119 Å². The zero-order valence-corrected chi connectivity index (χ0v) is 12.3. The topological polar surface area (TPSA) is 26.0 Å². The highest BCUT2D eigenvalue weighted by Crippen LogP contribution is 2.31. The number of rotatable bonds is 2. The summed E-state index contributed by atoms with van der Waals surface area (Å²) in [5.74, 6) is -1.79. The van der Waals surface area contributed by atoms with Crippen LogP contribution in [0.4, 0.5) is 8.78 Å². The molecule has 0 aromatic heterocycles. The lowest BCUT2D eigenvalue weighted by Gasteiger charge is -2.17. The summed E-state index contributed by atoms with van der Waals surface area (Å²) >= 11 is 3.07. The van der Waals surface area contributed by atoms with Gasteiger partial charge in [0.2, 0.25) is 0 Å². The maximum Gasteiger partial charge on any atom is 0.173 e. The molecule has 0 saturated carbocycles. The number of hydrogen-bond donors (Lipinski definition) is 1. The molecule has 2 N–H and O–H groups in total. The molecule has 0 saturated heterocycles. The third kappa shape index (κ3) is 2.69. The van der Waals surface area contributed by atoms with Gasteiger partial charge < -0.3 is 5.73 Å².